The first kappa shape index (κ1) is 8.52. The summed E-state index contributed by atoms with van der Waals surface area (Å²) in [6.07, 6.45) is 0. The van der Waals surface area contributed by atoms with Gasteiger partial charge in [0.2, 0.25) is 0 Å². The molecule has 0 saturated carbocycles. The molecule has 1 rings (SSSR count). The Morgan fingerprint density at radius 1 is 1.50 bits per heavy atom. The summed E-state index contributed by atoms with van der Waals surface area (Å²) in [4.78, 5) is 24.1. The van der Waals surface area contributed by atoms with E-state index in [1.165, 1.54) is 0 Å². The number of rotatable bonds is 1. The summed E-state index contributed by atoms with van der Waals surface area (Å²) in [5.74, 6) is -1.12. The number of aromatic nitrogens is 1. The summed E-state index contributed by atoms with van der Waals surface area (Å²) in [5, 5.41) is 8.55. The van der Waals surface area contributed by atoms with Crippen molar-refractivity contribution >= 4 is 5.97 Å². The lowest BCUT2D eigenvalue weighted by atomic mass is 10.2. The van der Waals surface area contributed by atoms with E-state index < -0.39 is 5.97 Å². The summed E-state index contributed by atoms with van der Waals surface area (Å²) < 4.78 is 0. The van der Waals surface area contributed by atoms with Gasteiger partial charge in [0.25, 0.3) is 0 Å². The first-order valence-corrected chi connectivity index (χ1v) is 3.46. The van der Waals surface area contributed by atoms with Crippen molar-refractivity contribution in [2.75, 3.05) is 0 Å². The second kappa shape index (κ2) is 2.81. The lowest BCUT2D eigenvalue weighted by Gasteiger charge is -2.00. The van der Waals surface area contributed by atoms with Crippen LogP contribution in [0.1, 0.15) is 21.7 Å². The Bertz CT molecular complexity index is 378. The Kier molecular flexibility index (Phi) is 1.99. The van der Waals surface area contributed by atoms with Crippen LogP contribution < -0.4 is 5.43 Å². The van der Waals surface area contributed by atoms with Gasteiger partial charge in [-0.25, -0.2) is 4.79 Å². The number of aryl methyl sites for hydroxylation is 1. The van der Waals surface area contributed by atoms with Crippen molar-refractivity contribution in [3.05, 3.63) is 33.2 Å². The summed E-state index contributed by atoms with van der Waals surface area (Å²) >= 11 is 0. The molecule has 12 heavy (non-hydrogen) atoms. The number of carboxylic acids is 1. The van der Waals surface area contributed by atoms with Crippen LogP contribution in [0.4, 0.5) is 0 Å². The first-order valence-electron chi connectivity index (χ1n) is 3.46. The van der Waals surface area contributed by atoms with Gasteiger partial charge in [-0.1, -0.05) is 0 Å². The molecule has 4 nitrogen and oxygen atoms in total. The third kappa shape index (κ3) is 1.37. The molecule has 0 spiro atoms. The maximum atomic E-state index is 11.1. The SMILES string of the molecule is Cc1[nH]c(C(=O)O)cc(=O)c1C. The molecule has 1 heterocycles. The molecule has 2 N–H and O–H groups in total. The Morgan fingerprint density at radius 2 is 2.08 bits per heavy atom. The molecule has 4 heteroatoms. The molecular weight excluding hydrogens is 158 g/mol. The van der Waals surface area contributed by atoms with Gasteiger partial charge in [0, 0.05) is 17.3 Å². The van der Waals surface area contributed by atoms with Crippen LogP contribution in [0, 0.1) is 13.8 Å². The minimum absolute atomic E-state index is 0.0666. The van der Waals surface area contributed by atoms with Gasteiger partial charge in [-0.15, -0.1) is 0 Å². The molecule has 0 unspecified atom stereocenters. The van der Waals surface area contributed by atoms with Crippen molar-refractivity contribution < 1.29 is 9.90 Å². The van der Waals surface area contributed by atoms with E-state index >= 15 is 0 Å². The summed E-state index contributed by atoms with van der Waals surface area (Å²) in [7, 11) is 0. The van der Waals surface area contributed by atoms with Crippen molar-refractivity contribution in [2.24, 2.45) is 0 Å². The number of carbonyl (C=O) groups is 1. The third-order valence-electron chi connectivity index (χ3n) is 1.76. The van der Waals surface area contributed by atoms with Crippen LogP contribution in [-0.2, 0) is 0 Å². The molecule has 0 aliphatic carbocycles. The standard InChI is InChI=1S/C8H9NO3/c1-4-5(2)9-6(8(11)12)3-7(4)10/h3H,1-2H3,(H,9,10)(H,11,12). The van der Waals surface area contributed by atoms with E-state index in [2.05, 4.69) is 4.98 Å². The highest BCUT2D eigenvalue weighted by atomic mass is 16.4. The Morgan fingerprint density at radius 3 is 2.50 bits per heavy atom. The minimum Gasteiger partial charge on any atom is -0.477 e. The van der Waals surface area contributed by atoms with Crippen molar-refractivity contribution in [3.63, 3.8) is 0 Å². The summed E-state index contributed by atoms with van der Waals surface area (Å²) in [6, 6.07) is 1.09. The topological polar surface area (TPSA) is 70.2 Å². The molecular formula is C8H9NO3. The minimum atomic E-state index is -1.12. The van der Waals surface area contributed by atoms with Gasteiger partial charge in [0.1, 0.15) is 5.69 Å². The number of nitrogens with one attached hydrogen (secondary N) is 1. The fourth-order valence-electron chi connectivity index (χ4n) is 0.871. The molecule has 0 aliphatic rings. The number of hydrogen-bond donors (Lipinski definition) is 2. The summed E-state index contributed by atoms with van der Waals surface area (Å²) in [5.41, 5.74) is 0.839. The van der Waals surface area contributed by atoms with Crippen LogP contribution in [-0.4, -0.2) is 16.1 Å². The number of H-pyrrole nitrogens is 1. The molecule has 0 amide bonds. The average Bonchev–Trinajstić information content (AvgIpc) is 1.99. The number of pyridine rings is 1. The van der Waals surface area contributed by atoms with E-state index in [-0.39, 0.29) is 11.1 Å². The van der Waals surface area contributed by atoms with E-state index in [9.17, 15) is 9.59 Å². The van der Waals surface area contributed by atoms with E-state index in [0.29, 0.717) is 11.3 Å². The molecule has 1 aromatic heterocycles. The third-order valence-corrected chi connectivity index (χ3v) is 1.76. The Hall–Kier alpha value is -1.58. The van der Waals surface area contributed by atoms with Crippen molar-refractivity contribution in [1.82, 2.24) is 4.98 Å². The largest absolute Gasteiger partial charge is 0.477 e. The maximum absolute atomic E-state index is 11.1. The molecule has 0 aromatic carbocycles. The number of carboxylic acid groups (broad SMARTS) is 1. The number of aromatic amines is 1. The van der Waals surface area contributed by atoms with Crippen LogP contribution in [0.25, 0.3) is 0 Å². The zero-order valence-electron chi connectivity index (χ0n) is 6.84. The molecule has 0 fully saturated rings. The molecule has 0 saturated heterocycles. The molecule has 0 aliphatic heterocycles. The van der Waals surface area contributed by atoms with Crippen LogP contribution in [0.15, 0.2) is 10.9 Å². The normalized spacial score (nSPS) is 9.83. The van der Waals surface area contributed by atoms with Crippen LogP contribution in [0.5, 0.6) is 0 Å². The highest BCUT2D eigenvalue weighted by Gasteiger charge is 2.06. The van der Waals surface area contributed by atoms with Gasteiger partial charge >= 0.3 is 5.97 Å². The second-order valence-corrected chi connectivity index (χ2v) is 2.60. The number of aromatic carboxylic acids is 1. The highest BCUT2D eigenvalue weighted by molar-refractivity contribution is 5.85. The van der Waals surface area contributed by atoms with Crippen LogP contribution >= 0.6 is 0 Å². The van der Waals surface area contributed by atoms with Crippen molar-refractivity contribution in [3.8, 4) is 0 Å². The first-order chi connectivity index (χ1) is 5.52. The van der Waals surface area contributed by atoms with Gasteiger partial charge < -0.3 is 10.1 Å². The van der Waals surface area contributed by atoms with Gasteiger partial charge in [-0.2, -0.15) is 0 Å². The Balaban J connectivity index is 3.41. The average molecular weight is 167 g/mol. The lowest BCUT2D eigenvalue weighted by molar-refractivity contribution is 0.0690. The second-order valence-electron chi connectivity index (χ2n) is 2.60. The predicted molar refractivity (Wildman–Crippen MR) is 43.5 cm³/mol. The monoisotopic (exact) mass is 167 g/mol. The molecule has 0 bridgehead atoms. The van der Waals surface area contributed by atoms with Gasteiger partial charge in [0.15, 0.2) is 5.43 Å². The molecule has 64 valence electrons. The molecule has 0 atom stereocenters. The fourth-order valence-corrected chi connectivity index (χ4v) is 0.871. The summed E-state index contributed by atoms with van der Waals surface area (Å²) in [6.45, 7) is 3.32. The quantitative estimate of drug-likeness (QED) is 0.646. The smallest absolute Gasteiger partial charge is 0.352 e. The van der Waals surface area contributed by atoms with Gasteiger partial charge in [-0.05, 0) is 13.8 Å². The van der Waals surface area contributed by atoms with Crippen molar-refractivity contribution in [2.45, 2.75) is 13.8 Å². The molecule has 1 aromatic rings. The van der Waals surface area contributed by atoms with E-state index in [1.807, 2.05) is 0 Å². The van der Waals surface area contributed by atoms with E-state index in [1.54, 1.807) is 13.8 Å². The van der Waals surface area contributed by atoms with Gasteiger partial charge in [0.05, 0.1) is 0 Å². The van der Waals surface area contributed by atoms with E-state index in [4.69, 9.17) is 5.11 Å². The van der Waals surface area contributed by atoms with E-state index in [0.717, 1.165) is 6.07 Å². The molecule has 0 radical (unpaired) electrons. The maximum Gasteiger partial charge on any atom is 0.352 e. The zero-order valence-corrected chi connectivity index (χ0v) is 6.84. The Labute approximate surface area is 68.9 Å². The number of hydrogen-bond acceptors (Lipinski definition) is 2. The lowest BCUT2D eigenvalue weighted by Crippen LogP contribution is -2.13. The van der Waals surface area contributed by atoms with Gasteiger partial charge in [-0.3, -0.25) is 4.79 Å². The zero-order chi connectivity index (χ0) is 9.30. The van der Waals surface area contributed by atoms with Crippen LogP contribution in [0.2, 0.25) is 0 Å². The highest BCUT2D eigenvalue weighted by Crippen LogP contribution is 1.98. The fraction of sp³-hybridized carbons (Fsp3) is 0.250. The van der Waals surface area contributed by atoms with Crippen LogP contribution in [0.3, 0.4) is 0 Å². The van der Waals surface area contributed by atoms with Crippen molar-refractivity contribution in [1.29, 1.82) is 0 Å². The predicted octanol–water partition coefficient (Wildman–Crippen LogP) is 0.690.